The molecule has 0 spiro atoms. The van der Waals surface area contributed by atoms with Gasteiger partial charge in [0, 0.05) is 14.2 Å². The van der Waals surface area contributed by atoms with Gasteiger partial charge in [0.15, 0.2) is 6.61 Å². The average molecular weight is 529 g/mol. The van der Waals surface area contributed by atoms with E-state index in [1.807, 2.05) is 24.3 Å². The molecule has 1 aliphatic rings. The van der Waals surface area contributed by atoms with Crippen molar-refractivity contribution in [2.75, 3.05) is 6.61 Å². The molecule has 2 N–H and O–H groups in total. The molecule has 0 atom stereocenters. The molecule has 3 amide bonds. The second-order valence-corrected chi connectivity index (χ2v) is 8.51. The van der Waals surface area contributed by atoms with Gasteiger partial charge in [0.2, 0.25) is 0 Å². The van der Waals surface area contributed by atoms with Gasteiger partial charge in [0.25, 0.3) is 17.1 Å². The van der Waals surface area contributed by atoms with Gasteiger partial charge in [-0.05, 0) is 76.3 Å². The maximum atomic E-state index is 12.7. The lowest BCUT2D eigenvalue weighted by Gasteiger charge is -2.12. The Balaban J connectivity index is 1.84. The van der Waals surface area contributed by atoms with E-state index in [2.05, 4.69) is 22.6 Å². The summed E-state index contributed by atoms with van der Waals surface area (Å²) < 4.78 is 6.43. The van der Waals surface area contributed by atoms with Gasteiger partial charge in [0.05, 0.1) is 11.4 Å². The molecule has 0 aliphatic carbocycles. The van der Waals surface area contributed by atoms with Crippen LogP contribution >= 0.6 is 46.0 Å². The van der Waals surface area contributed by atoms with Crippen LogP contribution in [0.1, 0.15) is 11.1 Å². The van der Waals surface area contributed by atoms with E-state index in [-0.39, 0.29) is 23.3 Å². The number of primary amides is 1. The Morgan fingerprint density at radius 2 is 1.93 bits per heavy atom. The first kappa shape index (κ1) is 20.7. The molecule has 2 aromatic rings. The standard InChI is InChI=1S/C19H14ClIN2O4S/c20-13-3-6-15(27-10-17(22)24)12(7-13)8-16-18(25)23(19(26)28-16)9-11-1-4-14(21)5-2-11/h1-8H,9-10H2,(H2,22,24)/b16-8-. The highest BCUT2D eigenvalue weighted by Gasteiger charge is 2.35. The van der Waals surface area contributed by atoms with E-state index in [4.69, 9.17) is 22.1 Å². The smallest absolute Gasteiger partial charge is 0.293 e. The Kier molecular flexibility index (Phi) is 6.63. The van der Waals surface area contributed by atoms with E-state index >= 15 is 0 Å². The third-order valence-electron chi connectivity index (χ3n) is 3.76. The number of nitrogens with zero attached hydrogens (tertiary/aromatic N) is 1. The monoisotopic (exact) mass is 528 g/mol. The first-order valence-electron chi connectivity index (χ1n) is 8.04. The second-order valence-electron chi connectivity index (χ2n) is 5.83. The fraction of sp³-hybridized carbons (Fsp3) is 0.105. The van der Waals surface area contributed by atoms with Crippen LogP contribution < -0.4 is 10.5 Å². The molecule has 0 unspecified atom stereocenters. The highest BCUT2D eigenvalue weighted by Crippen LogP contribution is 2.35. The Labute approximate surface area is 184 Å². The third-order valence-corrected chi connectivity index (χ3v) is 5.62. The minimum atomic E-state index is -0.626. The largest absolute Gasteiger partial charge is 0.483 e. The van der Waals surface area contributed by atoms with E-state index in [9.17, 15) is 14.4 Å². The van der Waals surface area contributed by atoms with Gasteiger partial charge in [-0.1, -0.05) is 23.7 Å². The molecule has 0 aromatic heterocycles. The lowest BCUT2D eigenvalue weighted by Crippen LogP contribution is -2.27. The molecule has 1 fully saturated rings. The number of benzene rings is 2. The van der Waals surface area contributed by atoms with Crippen LogP contribution in [0.15, 0.2) is 47.4 Å². The Morgan fingerprint density at radius 1 is 1.21 bits per heavy atom. The summed E-state index contributed by atoms with van der Waals surface area (Å²) >= 11 is 9.07. The zero-order valence-electron chi connectivity index (χ0n) is 14.4. The fourth-order valence-electron chi connectivity index (χ4n) is 2.46. The average Bonchev–Trinajstić information content (AvgIpc) is 2.90. The van der Waals surface area contributed by atoms with Crippen molar-refractivity contribution in [2.24, 2.45) is 5.73 Å². The molecule has 1 heterocycles. The summed E-state index contributed by atoms with van der Waals surface area (Å²) in [5, 5.41) is 0.0761. The number of thioether (sulfide) groups is 1. The second kappa shape index (κ2) is 8.97. The first-order chi connectivity index (χ1) is 13.3. The molecule has 1 saturated heterocycles. The zero-order valence-corrected chi connectivity index (χ0v) is 18.1. The van der Waals surface area contributed by atoms with E-state index in [1.54, 1.807) is 18.2 Å². The van der Waals surface area contributed by atoms with Crippen LogP contribution in [0.2, 0.25) is 5.02 Å². The number of rotatable bonds is 6. The van der Waals surface area contributed by atoms with Crippen molar-refractivity contribution in [3.8, 4) is 5.75 Å². The molecule has 3 rings (SSSR count). The maximum Gasteiger partial charge on any atom is 0.293 e. The highest BCUT2D eigenvalue weighted by molar-refractivity contribution is 14.1. The van der Waals surface area contributed by atoms with Crippen molar-refractivity contribution < 1.29 is 19.1 Å². The summed E-state index contributed by atoms with van der Waals surface area (Å²) in [7, 11) is 0. The van der Waals surface area contributed by atoms with Gasteiger partial charge in [-0.2, -0.15) is 0 Å². The minimum absolute atomic E-state index is 0.194. The Bertz CT molecular complexity index is 978. The number of hydrogen-bond donors (Lipinski definition) is 1. The van der Waals surface area contributed by atoms with Gasteiger partial charge in [-0.15, -0.1) is 0 Å². The van der Waals surface area contributed by atoms with Gasteiger partial charge in [-0.3, -0.25) is 19.3 Å². The van der Waals surface area contributed by atoms with Crippen molar-refractivity contribution in [3.63, 3.8) is 0 Å². The number of amides is 3. The van der Waals surface area contributed by atoms with Gasteiger partial charge in [0.1, 0.15) is 5.75 Å². The van der Waals surface area contributed by atoms with Gasteiger partial charge >= 0.3 is 0 Å². The van der Waals surface area contributed by atoms with Crippen molar-refractivity contribution in [1.29, 1.82) is 0 Å². The molecule has 28 heavy (non-hydrogen) atoms. The summed E-state index contributed by atoms with van der Waals surface area (Å²) in [4.78, 5) is 37.5. The van der Waals surface area contributed by atoms with Crippen LogP contribution in [0, 0.1) is 3.57 Å². The maximum absolute atomic E-state index is 12.7. The van der Waals surface area contributed by atoms with Crippen molar-refractivity contribution in [2.45, 2.75) is 6.54 Å². The third kappa shape index (κ3) is 5.06. The quantitative estimate of drug-likeness (QED) is 0.451. The number of hydrogen-bond acceptors (Lipinski definition) is 5. The van der Waals surface area contributed by atoms with Crippen molar-refractivity contribution in [1.82, 2.24) is 4.90 Å². The van der Waals surface area contributed by atoms with Crippen LogP contribution in [-0.4, -0.2) is 28.6 Å². The molecule has 6 nitrogen and oxygen atoms in total. The number of imide groups is 1. The molecule has 0 radical (unpaired) electrons. The number of halogens is 2. The van der Waals surface area contributed by atoms with Crippen LogP contribution in [-0.2, 0) is 16.1 Å². The lowest BCUT2D eigenvalue weighted by atomic mass is 10.1. The molecular weight excluding hydrogens is 515 g/mol. The van der Waals surface area contributed by atoms with E-state index < -0.39 is 11.8 Å². The van der Waals surface area contributed by atoms with E-state index in [1.165, 1.54) is 11.0 Å². The molecule has 9 heteroatoms. The predicted molar refractivity (Wildman–Crippen MR) is 117 cm³/mol. The van der Waals surface area contributed by atoms with Crippen molar-refractivity contribution >= 4 is 69.1 Å². The molecular formula is C19H14ClIN2O4S. The Hall–Kier alpha value is -2.04. The molecule has 1 aliphatic heterocycles. The number of carbonyl (C=O) groups excluding carboxylic acids is 3. The minimum Gasteiger partial charge on any atom is -0.483 e. The summed E-state index contributed by atoms with van der Waals surface area (Å²) in [5.41, 5.74) is 6.45. The highest BCUT2D eigenvalue weighted by atomic mass is 127. The lowest BCUT2D eigenvalue weighted by molar-refractivity contribution is -0.123. The molecule has 2 aromatic carbocycles. The summed E-state index contributed by atoms with van der Waals surface area (Å²) in [6.45, 7) is -0.115. The predicted octanol–water partition coefficient (Wildman–Crippen LogP) is 4.05. The van der Waals surface area contributed by atoms with Crippen LogP contribution in [0.25, 0.3) is 6.08 Å². The SMILES string of the molecule is NC(=O)COc1ccc(Cl)cc1/C=C1\SC(=O)N(Cc2ccc(I)cc2)C1=O. The van der Waals surface area contributed by atoms with Gasteiger partial charge in [-0.25, -0.2) is 0 Å². The topological polar surface area (TPSA) is 89.7 Å². The van der Waals surface area contributed by atoms with E-state index in [0.717, 1.165) is 20.9 Å². The molecule has 0 saturated carbocycles. The normalized spacial score (nSPS) is 15.4. The van der Waals surface area contributed by atoms with Crippen LogP contribution in [0.5, 0.6) is 5.75 Å². The van der Waals surface area contributed by atoms with Gasteiger partial charge < -0.3 is 10.5 Å². The van der Waals surface area contributed by atoms with Crippen LogP contribution in [0.4, 0.5) is 4.79 Å². The first-order valence-corrected chi connectivity index (χ1v) is 10.3. The number of nitrogens with two attached hydrogens (primary N) is 1. The summed E-state index contributed by atoms with van der Waals surface area (Å²) in [6, 6.07) is 12.3. The van der Waals surface area contributed by atoms with Crippen LogP contribution in [0.3, 0.4) is 0 Å². The summed E-state index contributed by atoms with van der Waals surface area (Å²) in [5.74, 6) is -0.680. The molecule has 144 valence electrons. The number of ether oxygens (including phenoxy) is 1. The summed E-state index contributed by atoms with van der Waals surface area (Å²) in [6.07, 6.45) is 1.53. The van der Waals surface area contributed by atoms with E-state index in [0.29, 0.717) is 16.3 Å². The zero-order chi connectivity index (χ0) is 20.3. The fourth-order valence-corrected chi connectivity index (χ4v) is 3.83. The molecule has 0 bridgehead atoms. The van der Waals surface area contributed by atoms with Crippen molar-refractivity contribution in [3.05, 3.63) is 67.1 Å². The Morgan fingerprint density at radius 3 is 2.61 bits per heavy atom. The number of carbonyl (C=O) groups is 3.